The number of hydrogen-bond donors (Lipinski definition) is 2. The largest absolute Gasteiger partial charge is 0.506 e. The van der Waals surface area contributed by atoms with Gasteiger partial charge in [0.1, 0.15) is 5.75 Å². The molecule has 0 bridgehead atoms. The minimum absolute atomic E-state index is 0.192. The van der Waals surface area contributed by atoms with Crippen molar-refractivity contribution in [1.29, 1.82) is 0 Å². The monoisotopic (exact) mass is 306 g/mol. The summed E-state index contributed by atoms with van der Waals surface area (Å²) in [6.45, 7) is 2.78. The van der Waals surface area contributed by atoms with Gasteiger partial charge in [0.15, 0.2) is 0 Å². The molecule has 1 aromatic carbocycles. The van der Waals surface area contributed by atoms with Crippen LogP contribution in [-0.2, 0) is 6.54 Å². The summed E-state index contributed by atoms with van der Waals surface area (Å²) in [5.74, 6) is 0.192. The zero-order valence-electron chi connectivity index (χ0n) is 10.1. The van der Waals surface area contributed by atoms with E-state index >= 15 is 0 Å². The molecule has 0 fully saturated rings. The van der Waals surface area contributed by atoms with Crippen LogP contribution in [0.1, 0.15) is 24.2 Å². The van der Waals surface area contributed by atoms with Crippen LogP contribution in [0.25, 0.3) is 0 Å². The Morgan fingerprint density at radius 2 is 2.06 bits per heavy atom. The molecule has 1 atom stereocenters. The highest BCUT2D eigenvalue weighted by Crippen LogP contribution is 2.22. The Morgan fingerprint density at radius 3 is 2.72 bits per heavy atom. The minimum Gasteiger partial charge on any atom is -0.506 e. The van der Waals surface area contributed by atoms with Gasteiger partial charge in [-0.3, -0.25) is 4.98 Å². The van der Waals surface area contributed by atoms with E-state index in [4.69, 9.17) is 5.11 Å². The zero-order chi connectivity index (χ0) is 13.0. The Labute approximate surface area is 115 Å². The average molecular weight is 307 g/mol. The van der Waals surface area contributed by atoms with E-state index in [0.717, 1.165) is 10.2 Å². The van der Waals surface area contributed by atoms with Gasteiger partial charge in [0.05, 0.1) is 11.9 Å². The average Bonchev–Trinajstić information content (AvgIpc) is 2.38. The molecule has 3 nitrogen and oxygen atoms in total. The lowest BCUT2D eigenvalue weighted by Gasteiger charge is -2.15. The summed E-state index contributed by atoms with van der Waals surface area (Å²) < 4.78 is 1.10. The maximum absolute atomic E-state index is 9.16. The molecule has 2 N–H and O–H groups in total. The van der Waals surface area contributed by atoms with E-state index in [1.807, 2.05) is 24.3 Å². The van der Waals surface area contributed by atoms with E-state index in [0.29, 0.717) is 6.54 Å². The Balaban J connectivity index is 1.98. The molecule has 0 radical (unpaired) electrons. The second-order valence-corrected chi connectivity index (χ2v) is 4.99. The molecular formula is C14H15BrN2O. The molecular weight excluding hydrogens is 292 g/mol. The summed E-state index contributed by atoms with van der Waals surface area (Å²) in [6, 6.07) is 11.8. The van der Waals surface area contributed by atoms with Gasteiger partial charge < -0.3 is 10.4 Å². The summed E-state index contributed by atoms with van der Waals surface area (Å²) in [4.78, 5) is 4.14. The molecule has 0 saturated heterocycles. The first-order valence-corrected chi connectivity index (χ1v) is 6.58. The van der Waals surface area contributed by atoms with Crippen molar-refractivity contribution in [2.75, 3.05) is 0 Å². The molecule has 0 aliphatic carbocycles. The standard InChI is InChI=1S/C14H15BrN2O/c1-10(13-4-2-3-5-14(13)15)16-8-11-6-7-12(18)9-17-11/h2-7,9-10,16,18H,8H2,1H3/t10-/m1/s1. The van der Waals surface area contributed by atoms with Gasteiger partial charge >= 0.3 is 0 Å². The maximum atomic E-state index is 9.16. The molecule has 0 unspecified atom stereocenters. The van der Waals surface area contributed by atoms with Crippen molar-refractivity contribution in [3.63, 3.8) is 0 Å². The van der Waals surface area contributed by atoms with Crippen molar-refractivity contribution in [3.8, 4) is 5.75 Å². The van der Waals surface area contributed by atoms with Crippen molar-refractivity contribution in [3.05, 3.63) is 58.3 Å². The van der Waals surface area contributed by atoms with E-state index in [9.17, 15) is 0 Å². The summed E-state index contributed by atoms with van der Waals surface area (Å²) >= 11 is 3.54. The minimum atomic E-state index is 0.192. The lowest BCUT2D eigenvalue weighted by molar-refractivity contribution is 0.471. The fraction of sp³-hybridized carbons (Fsp3) is 0.214. The molecule has 1 aromatic heterocycles. The number of aromatic nitrogens is 1. The summed E-state index contributed by atoms with van der Waals surface area (Å²) in [6.07, 6.45) is 1.46. The van der Waals surface area contributed by atoms with E-state index < -0.39 is 0 Å². The van der Waals surface area contributed by atoms with Crippen molar-refractivity contribution in [2.24, 2.45) is 0 Å². The van der Waals surface area contributed by atoms with Gasteiger partial charge in [-0.15, -0.1) is 0 Å². The van der Waals surface area contributed by atoms with Crippen LogP contribution >= 0.6 is 15.9 Å². The quantitative estimate of drug-likeness (QED) is 0.910. The Hall–Kier alpha value is -1.39. The SMILES string of the molecule is C[C@@H](NCc1ccc(O)cn1)c1ccccc1Br. The number of nitrogens with one attached hydrogen (secondary N) is 1. The molecule has 0 aliphatic rings. The first kappa shape index (κ1) is 13.1. The number of pyridine rings is 1. The van der Waals surface area contributed by atoms with Gasteiger partial charge in [-0.25, -0.2) is 0 Å². The highest BCUT2D eigenvalue weighted by molar-refractivity contribution is 9.10. The van der Waals surface area contributed by atoms with Gasteiger partial charge in [-0.1, -0.05) is 34.1 Å². The topological polar surface area (TPSA) is 45.1 Å². The highest BCUT2D eigenvalue weighted by atomic mass is 79.9. The molecule has 4 heteroatoms. The maximum Gasteiger partial charge on any atom is 0.133 e. The van der Waals surface area contributed by atoms with Crippen LogP contribution in [0.3, 0.4) is 0 Å². The van der Waals surface area contributed by atoms with Crippen molar-refractivity contribution in [1.82, 2.24) is 10.3 Å². The summed E-state index contributed by atoms with van der Waals surface area (Å²) in [5, 5.41) is 12.6. The van der Waals surface area contributed by atoms with Crippen LogP contribution in [0.15, 0.2) is 47.1 Å². The molecule has 0 aliphatic heterocycles. The summed E-state index contributed by atoms with van der Waals surface area (Å²) in [5.41, 5.74) is 2.13. The predicted octanol–water partition coefficient (Wildman–Crippen LogP) is 3.40. The zero-order valence-corrected chi connectivity index (χ0v) is 11.7. The second kappa shape index (κ2) is 5.98. The smallest absolute Gasteiger partial charge is 0.133 e. The van der Waals surface area contributed by atoms with Gasteiger partial charge in [-0.05, 0) is 30.7 Å². The molecule has 0 saturated carbocycles. The van der Waals surface area contributed by atoms with Gasteiger partial charge in [0.2, 0.25) is 0 Å². The fourth-order valence-electron chi connectivity index (χ4n) is 1.72. The van der Waals surface area contributed by atoms with Crippen LogP contribution in [0.5, 0.6) is 5.75 Å². The van der Waals surface area contributed by atoms with Crippen LogP contribution in [-0.4, -0.2) is 10.1 Å². The summed E-state index contributed by atoms with van der Waals surface area (Å²) in [7, 11) is 0. The Kier molecular flexibility index (Phi) is 4.33. The van der Waals surface area contributed by atoms with Crippen LogP contribution in [0, 0.1) is 0 Å². The molecule has 0 spiro atoms. The lowest BCUT2D eigenvalue weighted by atomic mass is 10.1. The highest BCUT2D eigenvalue weighted by Gasteiger charge is 2.08. The van der Waals surface area contributed by atoms with E-state index in [-0.39, 0.29) is 11.8 Å². The third kappa shape index (κ3) is 3.31. The second-order valence-electron chi connectivity index (χ2n) is 4.13. The van der Waals surface area contributed by atoms with E-state index in [1.165, 1.54) is 11.8 Å². The Morgan fingerprint density at radius 1 is 1.28 bits per heavy atom. The molecule has 2 rings (SSSR count). The first-order chi connectivity index (χ1) is 8.66. The lowest BCUT2D eigenvalue weighted by Crippen LogP contribution is -2.19. The van der Waals surface area contributed by atoms with Crippen molar-refractivity contribution in [2.45, 2.75) is 19.5 Å². The van der Waals surface area contributed by atoms with Crippen LogP contribution < -0.4 is 5.32 Å². The number of benzene rings is 1. The molecule has 18 heavy (non-hydrogen) atoms. The molecule has 0 amide bonds. The van der Waals surface area contributed by atoms with E-state index in [1.54, 1.807) is 6.07 Å². The van der Waals surface area contributed by atoms with Crippen molar-refractivity contribution >= 4 is 15.9 Å². The van der Waals surface area contributed by atoms with Gasteiger partial charge in [-0.2, -0.15) is 0 Å². The fourth-order valence-corrected chi connectivity index (χ4v) is 2.34. The number of rotatable bonds is 4. The number of nitrogens with zero attached hydrogens (tertiary/aromatic N) is 1. The van der Waals surface area contributed by atoms with Crippen LogP contribution in [0.4, 0.5) is 0 Å². The molecule has 1 heterocycles. The third-order valence-corrected chi connectivity index (χ3v) is 3.49. The number of aromatic hydroxyl groups is 1. The molecule has 94 valence electrons. The molecule has 2 aromatic rings. The van der Waals surface area contributed by atoms with E-state index in [2.05, 4.69) is 39.2 Å². The number of halogens is 1. The number of hydrogen-bond acceptors (Lipinski definition) is 3. The van der Waals surface area contributed by atoms with Crippen LogP contribution in [0.2, 0.25) is 0 Å². The third-order valence-electron chi connectivity index (χ3n) is 2.77. The van der Waals surface area contributed by atoms with Gasteiger partial charge in [0, 0.05) is 17.1 Å². The Bertz CT molecular complexity index is 513. The van der Waals surface area contributed by atoms with Crippen molar-refractivity contribution < 1.29 is 5.11 Å². The first-order valence-electron chi connectivity index (χ1n) is 5.78. The van der Waals surface area contributed by atoms with Gasteiger partial charge in [0.25, 0.3) is 0 Å². The predicted molar refractivity (Wildman–Crippen MR) is 75.3 cm³/mol. The normalized spacial score (nSPS) is 12.3.